The second-order valence-corrected chi connectivity index (χ2v) is 8.28. The number of ether oxygens (including phenoxy) is 1. The van der Waals surface area contributed by atoms with E-state index in [-0.39, 0.29) is 11.1 Å². The van der Waals surface area contributed by atoms with E-state index in [1.165, 1.54) is 23.8 Å². The highest BCUT2D eigenvalue weighted by molar-refractivity contribution is 6.00. The number of nitrogens with zero attached hydrogens (tertiary/aromatic N) is 3. The Balaban J connectivity index is 1.36. The number of rotatable bonds is 6. The summed E-state index contributed by atoms with van der Waals surface area (Å²) in [5.74, 6) is 0.874. The SMILES string of the molecule is CC1CCCN1CCCOc1ccc(-n2nc(C(F)(F)F)c3c4occcc-4cc32)cc1. The van der Waals surface area contributed by atoms with Crippen molar-refractivity contribution in [2.24, 2.45) is 0 Å². The van der Waals surface area contributed by atoms with Crippen LogP contribution in [0.1, 0.15) is 31.9 Å². The highest BCUT2D eigenvalue weighted by atomic mass is 19.4. The van der Waals surface area contributed by atoms with Gasteiger partial charge in [-0.3, -0.25) is 0 Å². The van der Waals surface area contributed by atoms with Gasteiger partial charge < -0.3 is 14.1 Å². The third-order valence-corrected chi connectivity index (χ3v) is 6.14. The molecule has 8 heteroatoms. The van der Waals surface area contributed by atoms with Crippen molar-refractivity contribution in [3.63, 3.8) is 0 Å². The Kier molecular flexibility index (Phi) is 5.33. The summed E-state index contributed by atoms with van der Waals surface area (Å²) in [4.78, 5) is 2.48. The number of alkyl halides is 3. The van der Waals surface area contributed by atoms with Gasteiger partial charge in [-0.1, -0.05) is 0 Å². The largest absolute Gasteiger partial charge is 0.494 e. The van der Waals surface area contributed by atoms with Crippen molar-refractivity contribution in [3.8, 4) is 22.8 Å². The fourth-order valence-electron chi connectivity index (χ4n) is 4.51. The number of fused-ring (bicyclic) bond motifs is 3. The molecule has 2 aromatic rings. The zero-order chi connectivity index (χ0) is 22.3. The Bertz CT molecular complexity index is 1180. The maximum atomic E-state index is 13.7. The lowest BCUT2D eigenvalue weighted by molar-refractivity contribution is -0.140. The van der Waals surface area contributed by atoms with Gasteiger partial charge in [0, 0.05) is 18.2 Å². The van der Waals surface area contributed by atoms with Crippen molar-refractivity contribution in [1.82, 2.24) is 14.7 Å². The van der Waals surface area contributed by atoms with E-state index >= 15 is 0 Å². The smallest absolute Gasteiger partial charge is 0.435 e. The van der Waals surface area contributed by atoms with Crippen LogP contribution >= 0.6 is 0 Å². The Morgan fingerprint density at radius 3 is 2.72 bits per heavy atom. The van der Waals surface area contributed by atoms with Crippen molar-refractivity contribution in [1.29, 1.82) is 0 Å². The van der Waals surface area contributed by atoms with Gasteiger partial charge in [0.15, 0.2) is 5.69 Å². The van der Waals surface area contributed by atoms with Gasteiger partial charge in [0.25, 0.3) is 0 Å². The van der Waals surface area contributed by atoms with Crippen molar-refractivity contribution in [2.75, 3.05) is 19.7 Å². The minimum absolute atomic E-state index is 0.0235. The standard InChI is InChI=1S/C24H24F3N3O2/c1-16-5-2-11-29(16)12-4-14-31-19-9-7-18(8-10-19)30-20-15-17-6-3-13-32-22(17)21(20)23(28-30)24(25,26)27/h3,6-10,13,15-16H,2,4-5,11-12,14H2,1H3. The quantitative estimate of drug-likeness (QED) is 0.343. The van der Waals surface area contributed by atoms with Crippen LogP contribution in [0.2, 0.25) is 0 Å². The van der Waals surface area contributed by atoms with Crippen molar-refractivity contribution in [2.45, 2.75) is 38.4 Å². The molecule has 0 amide bonds. The molecular formula is C24H24F3N3O2. The van der Waals surface area contributed by atoms with E-state index in [2.05, 4.69) is 16.9 Å². The molecule has 1 fully saturated rings. The fraction of sp³-hybridized carbons (Fsp3) is 0.375. The highest BCUT2D eigenvalue weighted by Gasteiger charge is 2.39. The van der Waals surface area contributed by atoms with Crippen LogP contribution in [0.3, 0.4) is 0 Å². The highest BCUT2D eigenvalue weighted by Crippen LogP contribution is 2.43. The number of benzene rings is 1. The van der Waals surface area contributed by atoms with Crippen molar-refractivity contribution in [3.05, 3.63) is 54.4 Å². The number of hydrogen-bond acceptors (Lipinski definition) is 4. The van der Waals surface area contributed by atoms with Gasteiger partial charge >= 0.3 is 6.18 Å². The lowest BCUT2D eigenvalue weighted by Crippen LogP contribution is -2.28. The van der Waals surface area contributed by atoms with Crippen LogP contribution in [0, 0.1) is 0 Å². The molecule has 0 N–H and O–H groups in total. The Labute approximate surface area is 183 Å². The molecule has 2 aliphatic heterocycles. The van der Waals surface area contributed by atoms with E-state index in [9.17, 15) is 13.2 Å². The Morgan fingerprint density at radius 2 is 2.00 bits per heavy atom. The van der Waals surface area contributed by atoms with Gasteiger partial charge in [0.1, 0.15) is 11.5 Å². The van der Waals surface area contributed by atoms with Gasteiger partial charge in [-0.25, -0.2) is 4.68 Å². The first-order valence-electron chi connectivity index (χ1n) is 10.9. The number of aromatic nitrogens is 2. The van der Waals surface area contributed by atoms with E-state index in [1.54, 1.807) is 42.5 Å². The monoisotopic (exact) mass is 443 g/mol. The summed E-state index contributed by atoms with van der Waals surface area (Å²) in [6.45, 7) is 5.02. The molecule has 32 heavy (non-hydrogen) atoms. The summed E-state index contributed by atoms with van der Waals surface area (Å²) in [5, 5.41) is 3.86. The van der Waals surface area contributed by atoms with E-state index in [0.717, 1.165) is 19.5 Å². The lowest BCUT2D eigenvalue weighted by Gasteiger charge is -2.20. The molecule has 5 rings (SSSR count). The van der Waals surface area contributed by atoms with Crippen molar-refractivity contribution >= 4 is 10.9 Å². The number of likely N-dealkylation sites (tertiary alicyclic amines) is 1. The summed E-state index contributed by atoms with van der Waals surface area (Å²) in [5.41, 5.74) is 0.537. The van der Waals surface area contributed by atoms with E-state index < -0.39 is 11.9 Å². The molecule has 168 valence electrons. The maximum Gasteiger partial charge on any atom is 0.435 e. The molecule has 1 aromatic carbocycles. The minimum Gasteiger partial charge on any atom is -0.494 e. The molecule has 5 nitrogen and oxygen atoms in total. The molecule has 1 aromatic heterocycles. The average Bonchev–Trinajstić information content (AvgIpc) is 3.45. The number of halogens is 3. The first-order chi connectivity index (χ1) is 15.4. The van der Waals surface area contributed by atoms with Crippen LogP contribution in [0.25, 0.3) is 27.9 Å². The van der Waals surface area contributed by atoms with Crippen LogP contribution in [0.4, 0.5) is 13.2 Å². The fourth-order valence-corrected chi connectivity index (χ4v) is 4.51. The topological polar surface area (TPSA) is 43.4 Å². The average molecular weight is 443 g/mol. The number of hydrogen-bond donors (Lipinski definition) is 0. The van der Waals surface area contributed by atoms with Crippen molar-refractivity contribution < 1.29 is 22.3 Å². The second kappa shape index (κ2) is 8.16. The van der Waals surface area contributed by atoms with Gasteiger partial charge in [-0.2, -0.15) is 18.3 Å². The minimum atomic E-state index is -4.59. The van der Waals surface area contributed by atoms with E-state index in [4.69, 9.17) is 9.15 Å². The molecule has 1 saturated heterocycles. The maximum absolute atomic E-state index is 13.7. The van der Waals surface area contributed by atoms with Crippen LogP contribution < -0.4 is 4.74 Å². The third-order valence-electron chi connectivity index (χ3n) is 6.14. The first kappa shape index (κ1) is 20.9. The first-order valence-corrected chi connectivity index (χ1v) is 10.9. The van der Waals surface area contributed by atoms with Gasteiger partial charge in [-0.05, 0) is 75.2 Å². The molecule has 3 aliphatic rings. The van der Waals surface area contributed by atoms with E-state index in [1.807, 2.05) is 0 Å². The molecule has 0 spiro atoms. The second-order valence-electron chi connectivity index (χ2n) is 8.28. The molecular weight excluding hydrogens is 419 g/mol. The van der Waals surface area contributed by atoms with Crippen LogP contribution in [-0.2, 0) is 6.18 Å². The van der Waals surface area contributed by atoms with Gasteiger partial charge in [-0.15, -0.1) is 0 Å². The summed E-state index contributed by atoms with van der Waals surface area (Å²) in [6, 6.07) is 12.7. The Hall–Kier alpha value is -3.00. The molecule has 1 unspecified atom stereocenters. The third kappa shape index (κ3) is 3.83. The predicted octanol–water partition coefficient (Wildman–Crippen LogP) is 6.00. The normalized spacial score (nSPS) is 17.6. The summed E-state index contributed by atoms with van der Waals surface area (Å²) in [6.07, 6.45) is 0.228. The molecule has 1 atom stereocenters. The predicted molar refractivity (Wildman–Crippen MR) is 115 cm³/mol. The zero-order valence-corrected chi connectivity index (χ0v) is 17.7. The summed E-state index contributed by atoms with van der Waals surface area (Å²) < 4.78 is 53.6. The zero-order valence-electron chi connectivity index (χ0n) is 17.7. The molecule has 0 saturated carbocycles. The van der Waals surface area contributed by atoms with E-state index in [0.29, 0.717) is 35.2 Å². The Morgan fingerprint density at radius 1 is 1.19 bits per heavy atom. The molecule has 0 bridgehead atoms. The molecule has 1 aliphatic carbocycles. The summed E-state index contributed by atoms with van der Waals surface area (Å²) in [7, 11) is 0. The van der Waals surface area contributed by atoms with Gasteiger partial charge in [0.05, 0.1) is 29.5 Å². The van der Waals surface area contributed by atoms with Crippen LogP contribution in [0.15, 0.2) is 53.1 Å². The van der Waals surface area contributed by atoms with Crippen LogP contribution in [-0.4, -0.2) is 40.4 Å². The van der Waals surface area contributed by atoms with Crippen LogP contribution in [0.5, 0.6) is 5.75 Å². The molecule has 3 heterocycles. The molecule has 0 radical (unpaired) electrons. The summed E-state index contributed by atoms with van der Waals surface area (Å²) >= 11 is 0. The van der Waals surface area contributed by atoms with Gasteiger partial charge in [0.2, 0.25) is 0 Å². The lowest BCUT2D eigenvalue weighted by atomic mass is 10.2.